The summed E-state index contributed by atoms with van der Waals surface area (Å²) in [6, 6.07) is 9.30. The van der Waals surface area contributed by atoms with Crippen LogP contribution in [0.1, 0.15) is 9.75 Å². The zero-order valence-corrected chi connectivity index (χ0v) is 15.1. The molecule has 0 aliphatic rings. The molecule has 1 heterocycles. The maximum absolute atomic E-state index is 11.6. The Morgan fingerprint density at radius 1 is 1.38 bits per heavy atom. The summed E-state index contributed by atoms with van der Waals surface area (Å²) < 4.78 is 7.23. The third kappa shape index (κ3) is 4.94. The van der Waals surface area contributed by atoms with Crippen molar-refractivity contribution in [1.29, 1.82) is 0 Å². The number of nitrogens with one attached hydrogen (secondary N) is 1. The van der Waals surface area contributed by atoms with E-state index in [0.29, 0.717) is 5.75 Å². The molecular weight excluding hydrogens is 420 g/mol. The number of para-hydroxylation sites is 1. The number of hydrogen-bond acceptors (Lipinski definition) is 4. The number of hydrogen-bond donors (Lipinski definition) is 1. The number of halogens is 2. The molecule has 0 aliphatic carbocycles. The van der Waals surface area contributed by atoms with Gasteiger partial charge in [0.15, 0.2) is 6.61 Å². The molecule has 1 N–H and O–H groups in total. The summed E-state index contributed by atoms with van der Waals surface area (Å²) in [5.74, 6) is 0.309. The fourth-order valence-corrected chi connectivity index (χ4v) is 3.28. The predicted molar refractivity (Wildman–Crippen MR) is 92.1 cm³/mol. The number of ether oxygens (including phenoxy) is 1. The van der Waals surface area contributed by atoms with Crippen LogP contribution in [0.15, 0.2) is 44.4 Å². The molecule has 110 valence electrons. The van der Waals surface area contributed by atoms with Gasteiger partial charge in [0, 0.05) is 14.2 Å². The van der Waals surface area contributed by atoms with E-state index in [-0.39, 0.29) is 12.5 Å². The topological polar surface area (TPSA) is 50.7 Å². The molecule has 0 saturated carbocycles. The second-order valence-corrected chi connectivity index (χ2v) is 7.06. The van der Waals surface area contributed by atoms with E-state index in [4.69, 9.17) is 4.74 Å². The van der Waals surface area contributed by atoms with Crippen molar-refractivity contribution in [2.75, 3.05) is 6.61 Å². The van der Waals surface area contributed by atoms with Crippen LogP contribution in [0.4, 0.5) is 0 Å². The van der Waals surface area contributed by atoms with Crippen molar-refractivity contribution in [1.82, 2.24) is 5.43 Å². The lowest BCUT2D eigenvalue weighted by molar-refractivity contribution is -0.123. The third-order valence-corrected chi connectivity index (χ3v) is 5.18. The molecule has 1 amide bonds. The van der Waals surface area contributed by atoms with Gasteiger partial charge < -0.3 is 4.74 Å². The van der Waals surface area contributed by atoms with Gasteiger partial charge in [0.2, 0.25) is 0 Å². The number of rotatable bonds is 5. The Bertz CT molecular complexity index is 651. The lowest BCUT2D eigenvalue weighted by Gasteiger charge is -2.06. The van der Waals surface area contributed by atoms with Crippen molar-refractivity contribution >= 4 is 55.3 Å². The van der Waals surface area contributed by atoms with Gasteiger partial charge in [-0.25, -0.2) is 5.43 Å². The van der Waals surface area contributed by atoms with E-state index in [0.717, 1.165) is 13.8 Å². The molecule has 0 aliphatic heterocycles. The van der Waals surface area contributed by atoms with Gasteiger partial charge in [-0.15, -0.1) is 11.3 Å². The minimum atomic E-state index is -0.311. The van der Waals surface area contributed by atoms with Crippen molar-refractivity contribution in [3.05, 3.63) is 49.0 Å². The Morgan fingerprint density at radius 2 is 2.14 bits per heavy atom. The molecule has 1 aromatic carbocycles. The summed E-state index contributed by atoms with van der Waals surface area (Å²) >= 11 is 8.37. The fourth-order valence-electron chi connectivity index (χ4n) is 1.45. The highest BCUT2D eigenvalue weighted by atomic mass is 79.9. The van der Waals surface area contributed by atoms with Gasteiger partial charge in [-0.3, -0.25) is 4.79 Å². The van der Waals surface area contributed by atoms with E-state index >= 15 is 0 Å². The number of hydrazone groups is 1. The van der Waals surface area contributed by atoms with E-state index in [1.54, 1.807) is 23.6 Å². The zero-order chi connectivity index (χ0) is 15.2. The molecule has 0 radical (unpaired) electrons. The van der Waals surface area contributed by atoms with Crippen LogP contribution in [0.3, 0.4) is 0 Å². The first-order chi connectivity index (χ1) is 10.1. The summed E-state index contributed by atoms with van der Waals surface area (Å²) in [6.07, 6.45) is 1.61. The van der Waals surface area contributed by atoms with E-state index < -0.39 is 0 Å². The van der Waals surface area contributed by atoms with Crippen LogP contribution in [0.25, 0.3) is 0 Å². The van der Waals surface area contributed by atoms with Crippen molar-refractivity contribution in [3.63, 3.8) is 0 Å². The van der Waals surface area contributed by atoms with E-state index in [9.17, 15) is 4.79 Å². The van der Waals surface area contributed by atoms with Crippen LogP contribution in [0.2, 0.25) is 0 Å². The molecule has 0 fully saturated rings. The van der Waals surface area contributed by atoms with Crippen LogP contribution in [-0.4, -0.2) is 18.7 Å². The highest BCUT2D eigenvalue weighted by Gasteiger charge is 2.04. The molecule has 2 rings (SSSR count). The molecule has 21 heavy (non-hydrogen) atoms. The quantitative estimate of drug-likeness (QED) is 0.572. The SMILES string of the molecule is Cc1sc(/C=N/NC(=O)COc2ccccc2Br)cc1Br. The Kier molecular flexibility index (Phi) is 5.96. The second-order valence-electron chi connectivity index (χ2n) is 4.07. The first kappa shape index (κ1) is 16.2. The van der Waals surface area contributed by atoms with Gasteiger partial charge in [-0.2, -0.15) is 5.10 Å². The molecule has 0 bridgehead atoms. The van der Waals surface area contributed by atoms with E-state index in [2.05, 4.69) is 42.4 Å². The molecule has 0 spiro atoms. The van der Waals surface area contributed by atoms with Gasteiger partial charge in [0.1, 0.15) is 5.75 Å². The van der Waals surface area contributed by atoms with E-state index in [1.165, 1.54) is 4.88 Å². The molecule has 0 atom stereocenters. The first-order valence-electron chi connectivity index (χ1n) is 6.01. The third-order valence-electron chi connectivity index (χ3n) is 2.45. The Hall–Kier alpha value is -1.18. The van der Waals surface area contributed by atoms with Crippen LogP contribution in [0.5, 0.6) is 5.75 Å². The standard InChI is InChI=1S/C14H12Br2N2O2S/c1-9-12(16)6-10(21-9)7-17-18-14(19)8-20-13-5-3-2-4-11(13)15/h2-7H,8H2,1H3,(H,18,19)/b17-7+. The number of amides is 1. The summed E-state index contributed by atoms with van der Waals surface area (Å²) in [4.78, 5) is 13.7. The summed E-state index contributed by atoms with van der Waals surface area (Å²) in [7, 11) is 0. The van der Waals surface area contributed by atoms with Gasteiger partial charge in [-0.1, -0.05) is 12.1 Å². The molecule has 7 heteroatoms. The summed E-state index contributed by atoms with van der Waals surface area (Å²) in [6.45, 7) is 1.92. The number of carbonyl (C=O) groups is 1. The number of benzene rings is 1. The average Bonchev–Trinajstić information content (AvgIpc) is 2.77. The van der Waals surface area contributed by atoms with Gasteiger partial charge in [0.25, 0.3) is 5.91 Å². The fraction of sp³-hybridized carbons (Fsp3) is 0.143. The average molecular weight is 432 g/mol. The van der Waals surface area contributed by atoms with Crippen molar-refractivity contribution in [2.24, 2.45) is 5.10 Å². The maximum Gasteiger partial charge on any atom is 0.277 e. The number of thiophene rings is 1. The van der Waals surface area contributed by atoms with Crippen molar-refractivity contribution < 1.29 is 9.53 Å². The van der Waals surface area contributed by atoms with Gasteiger partial charge in [-0.05, 0) is 57.0 Å². The van der Waals surface area contributed by atoms with E-state index in [1.807, 2.05) is 31.2 Å². The molecule has 0 unspecified atom stereocenters. The van der Waals surface area contributed by atoms with Crippen molar-refractivity contribution in [3.8, 4) is 5.75 Å². The summed E-state index contributed by atoms with van der Waals surface area (Å²) in [5, 5.41) is 3.90. The highest BCUT2D eigenvalue weighted by molar-refractivity contribution is 9.10. The minimum Gasteiger partial charge on any atom is -0.483 e. The van der Waals surface area contributed by atoms with Crippen LogP contribution >= 0.6 is 43.2 Å². The zero-order valence-electron chi connectivity index (χ0n) is 11.1. The number of carbonyl (C=O) groups excluding carboxylic acids is 1. The van der Waals surface area contributed by atoms with Crippen molar-refractivity contribution in [2.45, 2.75) is 6.92 Å². The maximum atomic E-state index is 11.6. The number of nitrogens with zero attached hydrogens (tertiary/aromatic N) is 1. The normalized spacial score (nSPS) is 10.8. The lowest BCUT2D eigenvalue weighted by Crippen LogP contribution is -2.24. The Labute approximate surface area is 143 Å². The summed E-state index contributed by atoms with van der Waals surface area (Å²) in [5.41, 5.74) is 2.43. The highest BCUT2D eigenvalue weighted by Crippen LogP contribution is 2.25. The van der Waals surface area contributed by atoms with Crippen LogP contribution in [-0.2, 0) is 4.79 Å². The second kappa shape index (κ2) is 7.72. The lowest BCUT2D eigenvalue weighted by atomic mass is 10.3. The minimum absolute atomic E-state index is 0.0902. The Morgan fingerprint density at radius 3 is 2.81 bits per heavy atom. The molecule has 4 nitrogen and oxygen atoms in total. The van der Waals surface area contributed by atoms with Gasteiger partial charge >= 0.3 is 0 Å². The molecule has 1 aromatic heterocycles. The predicted octanol–water partition coefficient (Wildman–Crippen LogP) is 4.11. The largest absolute Gasteiger partial charge is 0.483 e. The van der Waals surface area contributed by atoms with Gasteiger partial charge in [0.05, 0.1) is 10.7 Å². The van der Waals surface area contributed by atoms with Crippen LogP contribution in [0, 0.1) is 6.92 Å². The first-order valence-corrected chi connectivity index (χ1v) is 8.41. The molecule has 2 aromatic rings. The Balaban J connectivity index is 1.81. The molecular formula is C14H12Br2N2O2S. The molecule has 0 saturated heterocycles. The monoisotopic (exact) mass is 430 g/mol. The van der Waals surface area contributed by atoms with Crippen LogP contribution < -0.4 is 10.2 Å². The number of aryl methyl sites for hydroxylation is 1. The smallest absolute Gasteiger partial charge is 0.277 e.